The summed E-state index contributed by atoms with van der Waals surface area (Å²) in [7, 11) is 1.54. The molecule has 0 saturated heterocycles. The van der Waals surface area contributed by atoms with Gasteiger partial charge in [-0.1, -0.05) is 36.7 Å². The summed E-state index contributed by atoms with van der Waals surface area (Å²) in [5.74, 6) is 0.0620. The highest BCUT2D eigenvalue weighted by Crippen LogP contribution is 2.23. The number of carbonyl (C=O) groups excluding carboxylic acids is 2. The van der Waals surface area contributed by atoms with Gasteiger partial charge in [0.05, 0.1) is 12.8 Å². The SMILES string of the molecule is CCCN(CC(=O)Nc1ccccc1OC)C(=O)c1cccc(Cl)c1. The number of hydrogen-bond acceptors (Lipinski definition) is 3. The van der Waals surface area contributed by atoms with Crippen LogP contribution in [0.4, 0.5) is 5.69 Å². The first-order chi connectivity index (χ1) is 12.0. The summed E-state index contributed by atoms with van der Waals surface area (Å²) in [6.45, 7) is 2.39. The zero-order chi connectivity index (χ0) is 18.2. The van der Waals surface area contributed by atoms with E-state index in [2.05, 4.69) is 5.32 Å². The molecule has 0 aliphatic rings. The van der Waals surface area contributed by atoms with Crippen LogP contribution in [0, 0.1) is 0 Å². The van der Waals surface area contributed by atoms with Gasteiger partial charge in [-0.05, 0) is 36.8 Å². The van der Waals surface area contributed by atoms with Gasteiger partial charge < -0.3 is 15.0 Å². The first kappa shape index (κ1) is 18.8. The number of methoxy groups -OCH3 is 1. The quantitative estimate of drug-likeness (QED) is 0.816. The minimum atomic E-state index is -0.284. The Morgan fingerprint density at radius 2 is 1.92 bits per heavy atom. The van der Waals surface area contributed by atoms with Crippen molar-refractivity contribution in [2.45, 2.75) is 13.3 Å². The largest absolute Gasteiger partial charge is 0.495 e. The summed E-state index contributed by atoms with van der Waals surface area (Å²) >= 11 is 5.95. The highest BCUT2D eigenvalue weighted by Gasteiger charge is 2.19. The molecule has 2 aromatic rings. The summed E-state index contributed by atoms with van der Waals surface area (Å²) < 4.78 is 5.22. The number of nitrogens with one attached hydrogen (secondary N) is 1. The van der Waals surface area contributed by atoms with E-state index in [1.165, 1.54) is 12.0 Å². The smallest absolute Gasteiger partial charge is 0.254 e. The Balaban J connectivity index is 2.10. The van der Waals surface area contributed by atoms with Crippen LogP contribution in [-0.2, 0) is 4.79 Å². The molecule has 0 atom stereocenters. The standard InChI is InChI=1S/C19H21ClN2O3/c1-3-11-22(19(24)14-7-6-8-15(20)12-14)13-18(23)21-16-9-4-5-10-17(16)25-2/h4-10,12H,3,11,13H2,1-2H3,(H,21,23). The summed E-state index contributed by atoms with van der Waals surface area (Å²) in [5, 5.41) is 3.27. The van der Waals surface area contributed by atoms with Crippen LogP contribution < -0.4 is 10.1 Å². The molecule has 0 aromatic heterocycles. The molecule has 0 aliphatic carbocycles. The first-order valence-electron chi connectivity index (χ1n) is 8.03. The lowest BCUT2D eigenvalue weighted by atomic mass is 10.2. The molecule has 0 unspecified atom stereocenters. The number of ether oxygens (including phenoxy) is 1. The number of rotatable bonds is 7. The van der Waals surface area contributed by atoms with Crippen LogP contribution in [0.2, 0.25) is 5.02 Å². The number of para-hydroxylation sites is 2. The van der Waals surface area contributed by atoms with Crippen molar-refractivity contribution in [1.29, 1.82) is 0 Å². The van der Waals surface area contributed by atoms with Gasteiger partial charge in [0.25, 0.3) is 5.91 Å². The highest BCUT2D eigenvalue weighted by atomic mass is 35.5. The van der Waals surface area contributed by atoms with Crippen LogP contribution in [0.1, 0.15) is 23.7 Å². The molecule has 5 nitrogen and oxygen atoms in total. The molecule has 0 heterocycles. The van der Waals surface area contributed by atoms with Crippen molar-refractivity contribution in [2.75, 3.05) is 25.5 Å². The molecule has 2 amide bonds. The molecule has 0 fully saturated rings. The lowest BCUT2D eigenvalue weighted by Gasteiger charge is -2.22. The molecular weight excluding hydrogens is 340 g/mol. The second kappa shape index (κ2) is 9.08. The Hall–Kier alpha value is -2.53. The maximum atomic E-state index is 12.7. The van der Waals surface area contributed by atoms with Crippen LogP contribution in [0.3, 0.4) is 0 Å². The summed E-state index contributed by atoms with van der Waals surface area (Å²) in [5.41, 5.74) is 1.03. The third-order valence-corrected chi connectivity index (χ3v) is 3.80. The molecule has 0 spiro atoms. The monoisotopic (exact) mass is 360 g/mol. The van der Waals surface area contributed by atoms with Gasteiger partial charge in [-0.15, -0.1) is 0 Å². The molecule has 0 saturated carbocycles. The van der Waals surface area contributed by atoms with Crippen molar-refractivity contribution in [1.82, 2.24) is 4.90 Å². The van der Waals surface area contributed by atoms with E-state index in [4.69, 9.17) is 16.3 Å². The highest BCUT2D eigenvalue weighted by molar-refractivity contribution is 6.31. The van der Waals surface area contributed by atoms with Gasteiger partial charge >= 0.3 is 0 Å². The zero-order valence-electron chi connectivity index (χ0n) is 14.3. The van der Waals surface area contributed by atoms with Crippen LogP contribution in [0.5, 0.6) is 5.75 Å². The normalized spacial score (nSPS) is 10.2. The first-order valence-corrected chi connectivity index (χ1v) is 8.40. The van der Waals surface area contributed by atoms with E-state index in [-0.39, 0.29) is 18.4 Å². The molecule has 2 rings (SSSR count). The minimum absolute atomic E-state index is 0.0444. The summed E-state index contributed by atoms with van der Waals surface area (Å²) in [4.78, 5) is 26.6. The maximum absolute atomic E-state index is 12.7. The van der Waals surface area contributed by atoms with Gasteiger partial charge in [0.2, 0.25) is 5.91 Å². The lowest BCUT2D eigenvalue weighted by Crippen LogP contribution is -2.38. The second-order valence-electron chi connectivity index (χ2n) is 5.49. The van der Waals surface area contributed by atoms with Crippen LogP contribution in [0.15, 0.2) is 48.5 Å². The number of carbonyl (C=O) groups is 2. The van der Waals surface area contributed by atoms with Gasteiger partial charge in [-0.2, -0.15) is 0 Å². The Morgan fingerprint density at radius 3 is 2.60 bits per heavy atom. The van der Waals surface area contributed by atoms with E-state index in [0.29, 0.717) is 28.6 Å². The van der Waals surface area contributed by atoms with Crippen LogP contribution in [-0.4, -0.2) is 36.9 Å². The van der Waals surface area contributed by atoms with Gasteiger partial charge in [0.15, 0.2) is 0 Å². The Bertz CT molecular complexity index is 749. The number of benzene rings is 2. The predicted molar refractivity (Wildman–Crippen MR) is 99.3 cm³/mol. The molecule has 132 valence electrons. The average Bonchev–Trinajstić information content (AvgIpc) is 2.61. The Kier molecular flexibility index (Phi) is 6.83. The van der Waals surface area contributed by atoms with Crippen molar-refractivity contribution in [3.8, 4) is 5.75 Å². The Labute approximate surface area is 152 Å². The molecular formula is C19H21ClN2O3. The minimum Gasteiger partial charge on any atom is -0.495 e. The third-order valence-electron chi connectivity index (χ3n) is 3.57. The molecule has 25 heavy (non-hydrogen) atoms. The van der Waals surface area contributed by atoms with Crippen molar-refractivity contribution in [3.63, 3.8) is 0 Å². The number of anilines is 1. The number of halogens is 1. The third kappa shape index (κ3) is 5.22. The number of hydrogen-bond donors (Lipinski definition) is 1. The van der Waals surface area contributed by atoms with Crippen molar-refractivity contribution >= 4 is 29.1 Å². The molecule has 1 N–H and O–H groups in total. The van der Waals surface area contributed by atoms with E-state index >= 15 is 0 Å². The fraction of sp³-hybridized carbons (Fsp3) is 0.263. The molecule has 2 aromatic carbocycles. The molecule has 0 aliphatic heterocycles. The molecule has 0 bridgehead atoms. The maximum Gasteiger partial charge on any atom is 0.254 e. The van der Waals surface area contributed by atoms with Crippen molar-refractivity contribution in [3.05, 3.63) is 59.1 Å². The van der Waals surface area contributed by atoms with Gasteiger partial charge in [-0.3, -0.25) is 9.59 Å². The van der Waals surface area contributed by atoms with Crippen LogP contribution >= 0.6 is 11.6 Å². The van der Waals surface area contributed by atoms with Gasteiger partial charge in [0, 0.05) is 17.1 Å². The summed E-state index contributed by atoms with van der Waals surface area (Å²) in [6, 6.07) is 13.8. The van der Waals surface area contributed by atoms with Crippen LogP contribution in [0.25, 0.3) is 0 Å². The van der Waals surface area contributed by atoms with Crippen molar-refractivity contribution in [2.24, 2.45) is 0 Å². The average molecular weight is 361 g/mol. The molecule has 6 heteroatoms. The van der Waals surface area contributed by atoms with Gasteiger partial charge in [-0.25, -0.2) is 0 Å². The molecule has 0 radical (unpaired) electrons. The van der Waals surface area contributed by atoms with Crippen molar-refractivity contribution < 1.29 is 14.3 Å². The number of amides is 2. The van der Waals surface area contributed by atoms with E-state index in [1.54, 1.807) is 42.5 Å². The van der Waals surface area contributed by atoms with E-state index in [9.17, 15) is 9.59 Å². The van der Waals surface area contributed by atoms with Gasteiger partial charge in [0.1, 0.15) is 12.3 Å². The number of nitrogens with zero attached hydrogens (tertiary/aromatic N) is 1. The topological polar surface area (TPSA) is 58.6 Å². The Morgan fingerprint density at radius 1 is 1.16 bits per heavy atom. The van der Waals surface area contributed by atoms with E-state index in [0.717, 1.165) is 6.42 Å². The second-order valence-corrected chi connectivity index (χ2v) is 5.92. The summed E-state index contributed by atoms with van der Waals surface area (Å²) in [6.07, 6.45) is 0.744. The fourth-order valence-corrected chi connectivity index (χ4v) is 2.63. The zero-order valence-corrected chi connectivity index (χ0v) is 15.0. The lowest BCUT2D eigenvalue weighted by molar-refractivity contribution is -0.116. The predicted octanol–water partition coefficient (Wildman–Crippen LogP) is 3.84. The van der Waals surface area contributed by atoms with E-state index < -0.39 is 0 Å². The fourth-order valence-electron chi connectivity index (χ4n) is 2.44. The van der Waals surface area contributed by atoms with E-state index in [1.807, 2.05) is 13.0 Å².